The number of para-hydroxylation sites is 2. The maximum absolute atomic E-state index is 11.7. The molecule has 1 fully saturated rings. The summed E-state index contributed by atoms with van der Waals surface area (Å²) < 4.78 is 10.4. The van der Waals surface area contributed by atoms with Gasteiger partial charge in [0.25, 0.3) is 0 Å². The minimum absolute atomic E-state index is 0.120. The van der Waals surface area contributed by atoms with Gasteiger partial charge < -0.3 is 20.1 Å². The van der Waals surface area contributed by atoms with E-state index in [1.165, 1.54) is 12.8 Å². The first kappa shape index (κ1) is 33.5. The molecule has 3 aliphatic rings. The lowest BCUT2D eigenvalue weighted by molar-refractivity contribution is -0.129. The first-order valence-corrected chi connectivity index (χ1v) is 12.4. The number of anilines is 1. The van der Waals surface area contributed by atoms with Crippen molar-refractivity contribution in [1.29, 1.82) is 0 Å². The number of rotatable bonds is 5. The first-order valence-electron chi connectivity index (χ1n) is 12.4. The minimum Gasteiger partial charge on any atom is -0.484 e. The van der Waals surface area contributed by atoms with E-state index in [2.05, 4.69) is 42.3 Å². The highest BCUT2D eigenvalue weighted by Crippen LogP contribution is 2.37. The van der Waals surface area contributed by atoms with Gasteiger partial charge in [0.2, 0.25) is 12.3 Å². The second-order valence-electron chi connectivity index (χ2n) is 9.59. The van der Waals surface area contributed by atoms with Crippen LogP contribution in [0.3, 0.4) is 0 Å². The summed E-state index contributed by atoms with van der Waals surface area (Å²) in [5, 5.41) is 0. The summed E-state index contributed by atoms with van der Waals surface area (Å²) in [5.74, 6) is 1.97. The largest absolute Gasteiger partial charge is 0.484 e. The monoisotopic (exact) mass is 512 g/mol. The van der Waals surface area contributed by atoms with E-state index in [0.717, 1.165) is 37.4 Å². The van der Waals surface area contributed by atoms with Crippen molar-refractivity contribution in [3.63, 3.8) is 0 Å². The molecule has 1 atom stereocenters. The van der Waals surface area contributed by atoms with E-state index in [0.29, 0.717) is 24.8 Å². The van der Waals surface area contributed by atoms with E-state index >= 15 is 0 Å². The molecule has 0 saturated heterocycles. The molecular weight excluding hydrogens is 468 g/mol. The van der Waals surface area contributed by atoms with Gasteiger partial charge in [-0.25, -0.2) is 4.99 Å². The van der Waals surface area contributed by atoms with Crippen LogP contribution in [0.4, 0.5) is 5.69 Å². The third-order valence-corrected chi connectivity index (χ3v) is 5.92. The van der Waals surface area contributed by atoms with Gasteiger partial charge in [0, 0.05) is 20.3 Å². The zero-order chi connectivity index (χ0) is 28.6. The number of carbonyl (C=O) groups is 2. The molecule has 2 amide bonds. The van der Waals surface area contributed by atoms with Crippen LogP contribution in [0, 0.1) is 31.6 Å². The van der Waals surface area contributed by atoms with Gasteiger partial charge in [-0.1, -0.05) is 19.1 Å². The van der Waals surface area contributed by atoms with Gasteiger partial charge >= 0.3 is 0 Å². The minimum atomic E-state index is -0.318. The summed E-state index contributed by atoms with van der Waals surface area (Å²) in [6, 6.07) is 7.63. The number of aliphatic imine (C=N–C) groups is 1. The van der Waals surface area contributed by atoms with E-state index in [4.69, 9.17) is 10.5 Å². The Labute approximate surface area is 223 Å². The van der Waals surface area contributed by atoms with E-state index in [-0.39, 0.29) is 17.0 Å². The molecule has 1 aromatic rings. The number of nitrogens with two attached hydrogens (primary N) is 1. The standard InChI is InChI=1S/C12H15NO2.C10H17N3O.C3H8O.2C2H2/c1-3-12(2)8-13(9-14)10-6-4-5-7-11(10)15-12;1-10(2)5-8(14)13(9(11)12-10)6-7-3-4-7;1-3-4-2;2*1-2/h4-7,9H,3,8H2,1-2H3;7H,3-6H2,1-2H3,(H2,11,12);3H2,1-2H3;2*1-2H. The topological polar surface area (TPSA) is 97.5 Å². The molecule has 1 aliphatic carbocycles. The Morgan fingerprint density at radius 1 is 1.16 bits per heavy atom. The van der Waals surface area contributed by atoms with Gasteiger partial charge in [0.05, 0.1) is 24.2 Å². The summed E-state index contributed by atoms with van der Waals surface area (Å²) in [4.78, 5) is 30.4. The number of terminal acetylenes is 2. The van der Waals surface area contributed by atoms with Crippen molar-refractivity contribution >= 4 is 24.0 Å². The number of nitrogens with zero attached hydrogens (tertiary/aromatic N) is 3. The predicted molar refractivity (Wildman–Crippen MR) is 151 cm³/mol. The molecule has 0 radical (unpaired) electrons. The Balaban J connectivity index is 0.000000550. The highest BCUT2D eigenvalue weighted by atomic mass is 16.5. The average Bonchev–Trinajstić information content (AvgIpc) is 3.72. The third-order valence-electron chi connectivity index (χ3n) is 5.92. The zero-order valence-corrected chi connectivity index (χ0v) is 23.3. The Hall–Kier alpha value is -3.49. The van der Waals surface area contributed by atoms with Gasteiger partial charge in [-0.3, -0.25) is 14.5 Å². The summed E-state index contributed by atoms with van der Waals surface area (Å²) in [6.07, 6.45) is 20.7. The van der Waals surface area contributed by atoms with Crippen molar-refractivity contribution < 1.29 is 19.1 Å². The molecule has 2 N–H and O–H groups in total. The molecule has 1 saturated carbocycles. The molecule has 8 heteroatoms. The molecule has 1 aromatic carbocycles. The number of guanidine groups is 1. The number of ether oxygens (including phenoxy) is 2. The Morgan fingerprint density at radius 3 is 2.19 bits per heavy atom. The van der Waals surface area contributed by atoms with Gasteiger partial charge in [-0.15, -0.1) is 25.7 Å². The SMILES string of the molecule is C#C.C#C.CC1(C)CC(=O)N(CC2CC2)C(N)=N1.CCC1(C)CN(C=O)c2ccccc2O1.CCOC. The molecule has 8 nitrogen and oxygen atoms in total. The molecule has 2 aliphatic heterocycles. The molecular formula is C29H44N4O4. The lowest BCUT2D eigenvalue weighted by Gasteiger charge is -2.39. The van der Waals surface area contributed by atoms with Crippen molar-refractivity contribution in [2.45, 2.75) is 71.4 Å². The Morgan fingerprint density at radius 2 is 1.73 bits per heavy atom. The molecule has 0 spiro atoms. The summed E-state index contributed by atoms with van der Waals surface area (Å²) >= 11 is 0. The molecule has 2 heterocycles. The van der Waals surface area contributed by atoms with Crippen LogP contribution in [0.25, 0.3) is 0 Å². The first-order chi connectivity index (χ1) is 17.6. The molecule has 0 aromatic heterocycles. The number of hydrogen-bond donors (Lipinski definition) is 1. The zero-order valence-electron chi connectivity index (χ0n) is 23.3. The van der Waals surface area contributed by atoms with Crippen molar-refractivity contribution in [3.8, 4) is 31.4 Å². The third kappa shape index (κ3) is 11.0. The van der Waals surface area contributed by atoms with Crippen LogP contribution in [0.5, 0.6) is 5.75 Å². The van der Waals surface area contributed by atoms with Crippen LogP contribution >= 0.6 is 0 Å². The summed E-state index contributed by atoms with van der Waals surface area (Å²) in [5.41, 5.74) is 6.05. The van der Waals surface area contributed by atoms with Crippen LogP contribution in [-0.4, -0.2) is 61.1 Å². The predicted octanol–water partition coefficient (Wildman–Crippen LogP) is 4.08. The Kier molecular flexibility index (Phi) is 14.8. The summed E-state index contributed by atoms with van der Waals surface area (Å²) in [6.45, 7) is 12.1. The van der Waals surface area contributed by atoms with E-state index in [1.54, 1.807) is 16.9 Å². The number of amides is 2. The van der Waals surface area contributed by atoms with Crippen LogP contribution < -0.4 is 15.4 Å². The van der Waals surface area contributed by atoms with Crippen molar-refractivity contribution in [2.75, 3.05) is 31.7 Å². The van der Waals surface area contributed by atoms with Crippen molar-refractivity contribution in [2.24, 2.45) is 16.6 Å². The summed E-state index contributed by atoms with van der Waals surface area (Å²) in [7, 11) is 1.68. The van der Waals surface area contributed by atoms with Gasteiger partial charge in [-0.2, -0.15) is 0 Å². The van der Waals surface area contributed by atoms with Crippen molar-refractivity contribution in [1.82, 2.24) is 4.90 Å². The number of carbonyl (C=O) groups excluding carboxylic acids is 2. The lowest BCUT2D eigenvalue weighted by Crippen LogP contribution is -2.50. The van der Waals surface area contributed by atoms with Gasteiger partial charge in [0.1, 0.15) is 11.4 Å². The smallest absolute Gasteiger partial charge is 0.231 e. The number of fused-ring (bicyclic) bond motifs is 1. The second-order valence-corrected chi connectivity index (χ2v) is 9.59. The van der Waals surface area contributed by atoms with Crippen LogP contribution in [0.15, 0.2) is 29.3 Å². The van der Waals surface area contributed by atoms with E-state index < -0.39 is 0 Å². The fourth-order valence-electron chi connectivity index (χ4n) is 3.56. The highest BCUT2D eigenvalue weighted by molar-refractivity contribution is 5.99. The molecule has 204 valence electrons. The number of methoxy groups -OCH3 is 1. The highest BCUT2D eigenvalue weighted by Gasteiger charge is 2.36. The fourth-order valence-corrected chi connectivity index (χ4v) is 3.56. The maximum Gasteiger partial charge on any atom is 0.231 e. The average molecular weight is 513 g/mol. The number of benzene rings is 1. The van der Waals surface area contributed by atoms with E-state index in [9.17, 15) is 9.59 Å². The Bertz CT molecular complexity index is 913. The van der Waals surface area contributed by atoms with Crippen LogP contribution in [-0.2, 0) is 14.3 Å². The second kappa shape index (κ2) is 16.3. The number of hydrogen-bond acceptors (Lipinski definition) is 6. The molecule has 1 unspecified atom stereocenters. The molecule has 4 rings (SSSR count). The lowest BCUT2D eigenvalue weighted by atomic mass is 9.99. The molecule has 0 bridgehead atoms. The molecule has 37 heavy (non-hydrogen) atoms. The maximum atomic E-state index is 11.7. The van der Waals surface area contributed by atoms with Crippen LogP contribution in [0.1, 0.15) is 60.3 Å². The van der Waals surface area contributed by atoms with Gasteiger partial charge in [0.15, 0.2) is 5.96 Å². The van der Waals surface area contributed by atoms with E-state index in [1.807, 2.05) is 52.0 Å². The normalized spacial score (nSPS) is 20.7. The van der Waals surface area contributed by atoms with Crippen LogP contribution in [0.2, 0.25) is 0 Å². The quantitative estimate of drug-likeness (QED) is 0.474. The fraction of sp³-hybridized carbons (Fsp3) is 0.552. The van der Waals surface area contributed by atoms with Crippen molar-refractivity contribution in [3.05, 3.63) is 24.3 Å². The van der Waals surface area contributed by atoms with Gasteiger partial charge in [-0.05, 0) is 65.0 Å².